The predicted octanol–water partition coefficient (Wildman–Crippen LogP) is 11.7. The minimum absolute atomic E-state index is 0.00527. The number of esters is 2. The number of amides is 1. The molecular formula is C41H71NO6. The number of carbonyl (C=O) groups excluding carboxylic acids is 2. The van der Waals surface area contributed by atoms with Gasteiger partial charge in [0.25, 0.3) is 0 Å². The third-order valence-electron chi connectivity index (χ3n) is 8.18. The summed E-state index contributed by atoms with van der Waals surface area (Å²) in [6, 6.07) is 0. The fourth-order valence-corrected chi connectivity index (χ4v) is 5.15. The van der Waals surface area contributed by atoms with Gasteiger partial charge in [-0.1, -0.05) is 127 Å². The minimum atomic E-state index is -1.12. The molecule has 0 rings (SSSR count). The topological polar surface area (TPSA) is 93.1 Å². The number of hydrogen-bond donors (Lipinski definition) is 1. The van der Waals surface area contributed by atoms with Crippen molar-refractivity contribution < 1.29 is 29.0 Å². The molecule has 1 N–H and O–H groups in total. The van der Waals surface area contributed by atoms with Crippen LogP contribution in [0.15, 0.2) is 48.6 Å². The highest BCUT2D eigenvalue weighted by atomic mass is 16.5. The van der Waals surface area contributed by atoms with Crippen molar-refractivity contribution in [3.8, 4) is 0 Å². The summed E-state index contributed by atoms with van der Waals surface area (Å²) < 4.78 is 10.5. The van der Waals surface area contributed by atoms with Gasteiger partial charge in [0, 0.05) is 12.8 Å². The largest absolute Gasteiger partial charge is 0.465 e. The summed E-state index contributed by atoms with van der Waals surface area (Å²) in [5.74, 6) is -0.593. The quantitative estimate of drug-likeness (QED) is 0.0415. The Morgan fingerprint density at radius 2 is 0.812 bits per heavy atom. The molecule has 0 fully saturated rings. The number of carboxylic acid groups (broad SMARTS) is 1. The van der Waals surface area contributed by atoms with E-state index in [1.54, 1.807) is 0 Å². The van der Waals surface area contributed by atoms with Gasteiger partial charge in [-0.15, -0.1) is 0 Å². The van der Waals surface area contributed by atoms with Crippen molar-refractivity contribution in [1.29, 1.82) is 0 Å². The van der Waals surface area contributed by atoms with E-state index < -0.39 is 6.09 Å². The van der Waals surface area contributed by atoms with Crippen LogP contribution in [0, 0.1) is 0 Å². The van der Waals surface area contributed by atoms with Gasteiger partial charge < -0.3 is 19.5 Å². The maximum atomic E-state index is 12.0. The molecule has 0 saturated carbocycles. The fourth-order valence-electron chi connectivity index (χ4n) is 5.15. The Morgan fingerprint density at radius 1 is 0.479 bits per heavy atom. The second-order valence-corrected chi connectivity index (χ2v) is 12.7. The van der Waals surface area contributed by atoms with E-state index in [0.29, 0.717) is 12.8 Å². The van der Waals surface area contributed by atoms with Gasteiger partial charge in [0.2, 0.25) is 0 Å². The molecule has 0 aliphatic heterocycles. The second kappa shape index (κ2) is 37.0. The van der Waals surface area contributed by atoms with E-state index in [0.717, 1.165) is 94.8 Å². The van der Waals surface area contributed by atoms with Crippen molar-refractivity contribution in [2.24, 2.45) is 0 Å². The van der Waals surface area contributed by atoms with Crippen LogP contribution in [0.5, 0.6) is 0 Å². The van der Waals surface area contributed by atoms with E-state index in [2.05, 4.69) is 62.5 Å². The van der Waals surface area contributed by atoms with Crippen LogP contribution < -0.4 is 0 Å². The van der Waals surface area contributed by atoms with E-state index in [1.165, 1.54) is 51.4 Å². The molecule has 0 aliphatic rings. The van der Waals surface area contributed by atoms with Crippen molar-refractivity contribution >= 4 is 18.0 Å². The molecule has 1 amide bonds. The fraction of sp³-hybridized carbons (Fsp3) is 0.732. The van der Waals surface area contributed by atoms with Crippen LogP contribution in [-0.2, 0) is 19.1 Å². The molecule has 0 aromatic carbocycles. The minimum Gasteiger partial charge on any atom is -0.465 e. The molecule has 7 heteroatoms. The van der Waals surface area contributed by atoms with Crippen LogP contribution >= 0.6 is 0 Å². The van der Waals surface area contributed by atoms with Crippen molar-refractivity contribution in [2.75, 3.05) is 26.3 Å². The zero-order valence-corrected chi connectivity index (χ0v) is 30.9. The number of allylic oxidation sites excluding steroid dienone is 8. The lowest BCUT2D eigenvalue weighted by Gasteiger charge is -2.19. The van der Waals surface area contributed by atoms with Gasteiger partial charge in [-0.2, -0.15) is 0 Å². The molecule has 0 saturated heterocycles. The second-order valence-electron chi connectivity index (χ2n) is 12.7. The van der Waals surface area contributed by atoms with Crippen LogP contribution in [0.4, 0.5) is 4.79 Å². The van der Waals surface area contributed by atoms with Crippen molar-refractivity contribution in [2.45, 2.75) is 168 Å². The average molecular weight is 674 g/mol. The number of rotatable bonds is 34. The van der Waals surface area contributed by atoms with Crippen LogP contribution in [-0.4, -0.2) is 54.3 Å². The molecule has 0 radical (unpaired) electrons. The predicted molar refractivity (Wildman–Crippen MR) is 200 cm³/mol. The summed E-state index contributed by atoms with van der Waals surface area (Å²) in [7, 11) is 0. The SMILES string of the molecule is CCCCCC=CCC=CCCCCCCCC(=O)OCCN(CCOC(=O)CCCCCCCC=CCC=CCCCCC)C(=O)O. The lowest BCUT2D eigenvalue weighted by atomic mass is 10.1. The van der Waals surface area contributed by atoms with E-state index in [-0.39, 0.29) is 38.2 Å². The van der Waals surface area contributed by atoms with Gasteiger partial charge in [-0.3, -0.25) is 9.59 Å². The smallest absolute Gasteiger partial charge is 0.407 e. The van der Waals surface area contributed by atoms with E-state index in [9.17, 15) is 19.5 Å². The van der Waals surface area contributed by atoms with Gasteiger partial charge in [0.1, 0.15) is 13.2 Å². The van der Waals surface area contributed by atoms with E-state index in [4.69, 9.17) is 9.47 Å². The highest BCUT2D eigenvalue weighted by molar-refractivity contribution is 5.70. The highest BCUT2D eigenvalue weighted by Crippen LogP contribution is 2.10. The Balaban J connectivity index is 3.70. The van der Waals surface area contributed by atoms with Gasteiger partial charge in [0.15, 0.2) is 0 Å². The normalized spacial score (nSPS) is 11.8. The molecule has 0 atom stereocenters. The summed E-state index contributed by atoms with van der Waals surface area (Å²) in [5, 5.41) is 9.44. The summed E-state index contributed by atoms with van der Waals surface area (Å²) in [4.78, 5) is 36.7. The van der Waals surface area contributed by atoms with Gasteiger partial charge in [-0.05, 0) is 77.0 Å². The molecule has 7 nitrogen and oxygen atoms in total. The number of carbonyl (C=O) groups is 3. The molecule has 0 unspecified atom stereocenters. The molecule has 0 aliphatic carbocycles. The number of hydrogen-bond acceptors (Lipinski definition) is 5. The van der Waals surface area contributed by atoms with Gasteiger partial charge >= 0.3 is 18.0 Å². The molecule has 276 valence electrons. The zero-order valence-electron chi connectivity index (χ0n) is 30.9. The van der Waals surface area contributed by atoms with Crippen LogP contribution in [0.3, 0.4) is 0 Å². The average Bonchev–Trinajstić information content (AvgIpc) is 3.07. The summed E-state index contributed by atoms with van der Waals surface area (Å²) >= 11 is 0. The first-order valence-electron chi connectivity index (χ1n) is 19.4. The Morgan fingerprint density at radius 3 is 1.17 bits per heavy atom. The van der Waals surface area contributed by atoms with E-state index >= 15 is 0 Å². The molecule has 48 heavy (non-hydrogen) atoms. The van der Waals surface area contributed by atoms with Gasteiger partial charge in [0.05, 0.1) is 13.1 Å². The van der Waals surface area contributed by atoms with Gasteiger partial charge in [-0.25, -0.2) is 4.79 Å². The third kappa shape index (κ3) is 34.5. The van der Waals surface area contributed by atoms with Crippen LogP contribution in [0.25, 0.3) is 0 Å². The Bertz CT molecular complexity index is 814. The maximum Gasteiger partial charge on any atom is 0.407 e. The van der Waals surface area contributed by atoms with Crippen molar-refractivity contribution in [3.63, 3.8) is 0 Å². The van der Waals surface area contributed by atoms with Crippen molar-refractivity contribution in [1.82, 2.24) is 4.90 Å². The number of nitrogens with zero attached hydrogens (tertiary/aromatic N) is 1. The van der Waals surface area contributed by atoms with Crippen LogP contribution in [0.1, 0.15) is 168 Å². The summed E-state index contributed by atoms with van der Waals surface area (Å²) in [6.07, 6.45) is 42.4. The summed E-state index contributed by atoms with van der Waals surface area (Å²) in [5.41, 5.74) is 0. The Kier molecular flexibility index (Phi) is 34.8. The van der Waals surface area contributed by atoms with Crippen molar-refractivity contribution in [3.05, 3.63) is 48.6 Å². The lowest BCUT2D eigenvalue weighted by molar-refractivity contribution is -0.144. The molecule has 0 heterocycles. The molecule has 0 aromatic heterocycles. The Hall–Kier alpha value is -2.83. The standard InChI is InChI=1S/C41H71NO6/c1-3-5-7-9-11-13-15-17-19-21-23-25-27-29-31-33-39(43)47-37-35-42(41(45)46)36-38-48-40(44)34-32-30-28-26-24-22-20-18-16-14-12-10-8-6-4-2/h11-14,17-20H,3-10,15-16,21-38H2,1-2H3,(H,45,46). The van der Waals surface area contributed by atoms with Crippen LogP contribution in [0.2, 0.25) is 0 Å². The highest BCUT2D eigenvalue weighted by Gasteiger charge is 2.14. The first kappa shape index (κ1) is 45.2. The number of ether oxygens (including phenoxy) is 2. The van der Waals surface area contributed by atoms with E-state index in [1.807, 2.05) is 0 Å². The first-order chi connectivity index (χ1) is 23.5. The number of unbranched alkanes of at least 4 members (excludes halogenated alkanes) is 16. The molecule has 0 spiro atoms. The third-order valence-corrected chi connectivity index (χ3v) is 8.18. The maximum absolute atomic E-state index is 12.0. The zero-order chi connectivity index (χ0) is 35.2. The monoisotopic (exact) mass is 674 g/mol. The first-order valence-corrected chi connectivity index (χ1v) is 19.4. The summed E-state index contributed by atoms with van der Waals surface area (Å²) in [6.45, 7) is 4.59. The lowest BCUT2D eigenvalue weighted by Crippen LogP contribution is -2.36. The molecule has 0 aromatic rings. The Labute approximate surface area is 294 Å². The molecular weight excluding hydrogens is 602 g/mol. The molecule has 0 bridgehead atoms.